The molecule has 0 saturated heterocycles. The van der Waals surface area contributed by atoms with Crippen LogP contribution < -0.4 is 19.7 Å². The second kappa shape index (κ2) is 16.8. The lowest BCUT2D eigenvalue weighted by Crippen LogP contribution is -2.30. The quantitative estimate of drug-likeness (QED) is 0.0772. The van der Waals surface area contributed by atoms with Crippen LogP contribution in [0, 0.1) is 17.0 Å². The zero-order valence-electron chi connectivity index (χ0n) is 31.3. The first kappa shape index (κ1) is 39.6. The Morgan fingerprint density at radius 3 is 2.22 bits per heavy atom. The van der Waals surface area contributed by atoms with E-state index in [-0.39, 0.29) is 16.0 Å². The maximum Gasteiger partial charge on any atom is 0.269 e. The highest BCUT2D eigenvalue weighted by atomic mass is 79.9. The Bertz CT molecular complexity index is 2110. The summed E-state index contributed by atoms with van der Waals surface area (Å²) in [5, 5.41) is 16.2. The first-order chi connectivity index (χ1) is 25.7. The molecule has 0 unspecified atom stereocenters. The number of nitro groups is 1. The molecule has 0 aromatic heterocycles. The van der Waals surface area contributed by atoms with Gasteiger partial charge in [-0.3, -0.25) is 10.1 Å². The van der Waals surface area contributed by atoms with Gasteiger partial charge in [0, 0.05) is 55.1 Å². The van der Waals surface area contributed by atoms with Gasteiger partial charge in [-0.05, 0) is 121 Å². The molecule has 1 aliphatic heterocycles. The van der Waals surface area contributed by atoms with Gasteiger partial charge in [0.15, 0.2) is 0 Å². The van der Waals surface area contributed by atoms with Gasteiger partial charge in [0.1, 0.15) is 24.7 Å². The maximum absolute atomic E-state index is 11.8. The molecule has 0 atom stereocenters. The predicted octanol–water partition coefficient (Wildman–Crippen LogP) is 12.6. The van der Waals surface area contributed by atoms with Crippen LogP contribution in [0.1, 0.15) is 63.6 Å². The van der Waals surface area contributed by atoms with E-state index in [1.165, 1.54) is 11.1 Å². The van der Waals surface area contributed by atoms with E-state index >= 15 is 0 Å². The third kappa shape index (κ3) is 9.07. The second-order valence-corrected chi connectivity index (χ2v) is 17.2. The molecule has 0 spiro atoms. The molecular formula is C44H46Br2ClN3O4. The van der Waals surface area contributed by atoms with Gasteiger partial charge < -0.3 is 19.7 Å². The van der Waals surface area contributed by atoms with Gasteiger partial charge >= 0.3 is 0 Å². The van der Waals surface area contributed by atoms with Crippen LogP contribution in [-0.2, 0) is 10.8 Å². The fraction of sp³-hybridized carbons (Fsp3) is 0.318. The van der Waals surface area contributed by atoms with Crippen LogP contribution in [0.2, 0.25) is 0 Å². The molecule has 0 amide bonds. The number of hydrogen-bond donors (Lipinski definition) is 1. The van der Waals surface area contributed by atoms with Crippen molar-refractivity contribution in [2.24, 2.45) is 0 Å². The summed E-state index contributed by atoms with van der Waals surface area (Å²) in [6.45, 7) is 13.2. The molecule has 4 aromatic rings. The molecule has 0 fully saturated rings. The molecule has 0 radical (unpaired) electrons. The molecule has 6 rings (SSSR count). The van der Waals surface area contributed by atoms with E-state index in [1.807, 2.05) is 54.6 Å². The van der Waals surface area contributed by atoms with Crippen LogP contribution in [0.5, 0.6) is 11.5 Å². The van der Waals surface area contributed by atoms with E-state index in [1.54, 1.807) is 12.1 Å². The third-order valence-electron chi connectivity index (χ3n) is 10.3. The highest BCUT2D eigenvalue weighted by molar-refractivity contribution is 9.10. The van der Waals surface area contributed by atoms with Crippen molar-refractivity contribution in [3.63, 3.8) is 0 Å². The number of halogens is 3. The van der Waals surface area contributed by atoms with Crippen molar-refractivity contribution in [3.05, 3.63) is 155 Å². The summed E-state index contributed by atoms with van der Waals surface area (Å²) >= 11 is 14.2. The normalized spacial score (nSPS) is 16.6. The second-order valence-electron chi connectivity index (χ2n) is 15.0. The molecule has 54 heavy (non-hydrogen) atoms. The van der Waals surface area contributed by atoms with Crippen LogP contribution >= 0.6 is 43.5 Å². The maximum atomic E-state index is 11.8. The lowest BCUT2D eigenvalue weighted by atomic mass is 9.79. The standard InChI is InChI=1S/C44H46Br2ClN3O4/c1-29-6-18-39(48-22-24-53-35-14-9-32(45)10-15-35)37(26-29)43(2,3)21-20-30-7-8-31(42(30)47)27-41-44(4,5)38-28-34(50(51)52)13-19-40(38)49(41)23-25-54-36-16-11-33(46)12-17-36/h6,9-20,26-28,48H,7-8,21-25H2,1-5H3/b30-20+,41-27+. The summed E-state index contributed by atoms with van der Waals surface area (Å²) in [5.74, 6) is 1.63. The predicted molar refractivity (Wildman–Crippen MR) is 228 cm³/mol. The Morgan fingerprint density at radius 1 is 0.926 bits per heavy atom. The SMILES string of the molecule is Cc1ccc(NCCOc2ccc(Br)cc2)c(C(C)(C)C/C=C2\CCC(/C=C3/N(CCOc4ccc(Br)cc4)c4ccc([N+](=O)[O-])cc4C3(C)C)=C2Cl)c1. The van der Waals surface area contributed by atoms with Crippen LogP contribution in [0.15, 0.2) is 128 Å². The number of fused-ring (bicyclic) bond motifs is 1. The zero-order chi connectivity index (χ0) is 38.6. The van der Waals surface area contributed by atoms with Gasteiger partial charge in [0.25, 0.3) is 5.69 Å². The monoisotopic (exact) mass is 873 g/mol. The number of ether oxygens (including phenoxy) is 2. The van der Waals surface area contributed by atoms with Gasteiger partial charge in [-0.25, -0.2) is 0 Å². The molecule has 0 bridgehead atoms. The summed E-state index contributed by atoms with van der Waals surface area (Å²) in [5.41, 5.74) is 8.15. The van der Waals surface area contributed by atoms with Gasteiger partial charge in [0.2, 0.25) is 0 Å². The Labute approximate surface area is 340 Å². The molecule has 282 valence electrons. The molecule has 4 aromatic carbocycles. The van der Waals surface area contributed by atoms with Crippen molar-refractivity contribution in [2.75, 3.05) is 36.5 Å². The van der Waals surface area contributed by atoms with E-state index in [9.17, 15) is 10.1 Å². The van der Waals surface area contributed by atoms with Crippen LogP contribution in [-0.4, -0.2) is 31.2 Å². The average molecular weight is 876 g/mol. The van der Waals surface area contributed by atoms with Crippen molar-refractivity contribution in [1.29, 1.82) is 0 Å². The minimum atomic E-state index is -0.491. The van der Waals surface area contributed by atoms with Gasteiger partial charge in [0.05, 0.1) is 11.5 Å². The van der Waals surface area contributed by atoms with Gasteiger partial charge in [-0.2, -0.15) is 0 Å². The molecule has 1 heterocycles. The number of rotatable bonds is 14. The zero-order valence-corrected chi connectivity index (χ0v) is 35.3. The average Bonchev–Trinajstić information content (AvgIpc) is 3.59. The highest BCUT2D eigenvalue weighted by Gasteiger charge is 2.41. The molecule has 10 heteroatoms. The van der Waals surface area contributed by atoms with Gasteiger partial charge in [-0.1, -0.05) is 94.9 Å². The molecule has 0 saturated carbocycles. The Morgan fingerprint density at radius 2 is 1.57 bits per heavy atom. The van der Waals surface area contributed by atoms with E-state index in [4.69, 9.17) is 21.1 Å². The minimum absolute atomic E-state index is 0.0844. The number of nitrogens with zero attached hydrogens (tertiary/aromatic N) is 2. The summed E-state index contributed by atoms with van der Waals surface area (Å²) in [6.07, 6.45) is 7.00. The number of nitrogens with one attached hydrogen (secondary N) is 1. The van der Waals surface area contributed by atoms with Crippen LogP contribution in [0.25, 0.3) is 0 Å². The van der Waals surface area contributed by atoms with Crippen molar-refractivity contribution < 1.29 is 14.4 Å². The molecule has 1 aliphatic carbocycles. The Kier molecular flexibility index (Phi) is 12.3. The number of hydrogen-bond acceptors (Lipinski definition) is 6. The number of benzene rings is 4. The lowest BCUT2D eigenvalue weighted by Gasteiger charge is -2.28. The van der Waals surface area contributed by atoms with Crippen molar-refractivity contribution >= 4 is 60.5 Å². The number of aryl methyl sites for hydroxylation is 1. The number of nitro benzene ring substituents is 1. The summed E-state index contributed by atoms with van der Waals surface area (Å²) in [6, 6.07) is 27.4. The molecule has 2 aliphatic rings. The number of allylic oxidation sites excluding steroid dienone is 6. The Hall–Kier alpha value is -4.05. The van der Waals surface area contributed by atoms with E-state index in [2.05, 4.69) is 107 Å². The van der Waals surface area contributed by atoms with Gasteiger partial charge in [-0.15, -0.1) is 0 Å². The Balaban J connectivity index is 1.21. The fourth-order valence-corrected chi connectivity index (χ4v) is 8.05. The topological polar surface area (TPSA) is 76.9 Å². The van der Waals surface area contributed by atoms with Crippen molar-refractivity contribution in [3.8, 4) is 11.5 Å². The summed E-state index contributed by atoms with van der Waals surface area (Å²) < 4.78 is 14.1. The first-order valence-corrected chi connectivity index (χ1v) is 20.2. The molecular weight excluding hydrogens is 830 g/mol. The smallest absolute Gasteiger partial charge is 0.269 e. The first-order valence-electron chi connectivity index (χ1n) is 18.2. The van der Waals surface area contributed by atoms with E-state index in [0.717, 1.165) is 78.5 Å². The fourth-order valence-electron chi connectivity index (χ4n) is 7.20. The molecule has 1 N–H and O–H groups in total. The van der Waals surface area contributed by atoms with E-state index < -0.39 is 5.41 Å². The number of non-ortho nitro benzene ring substituents is 1. The van der Waals surface area contributed by atoms with Crippen LogP contribution in [0.4, 0.5) is 17.1 Å². The van der Waals surface area contributed by atoms with Crippen molar-refractivity contribution in [2.45, 2.75) is 64.7 Å². The number of anilines is 2. The summed E-state index contributed by atoms with van der Waals surface area (Å²) in [4.78, 5) is 13.7. The minimum Gasteiger partial charge on any atom is -0.492 e. The third-order valence-corrected chi connectivity index (χ3v) is 11.8. The summed E-state index contributed by atoms with van der Waals surface area (Å²) in [7, 11) is 0. The molecule has 7 nitrogen and oxygen atoms in total. The largest absolute Gasteiger partial charge is 0.492 e. The van der Waals surface area contributed by atoms with Crippen molar-refractivity contribution in [1.82, 2.24) is 0 Å². The van der Waals surface area contributed by atoms with E-state index in [0.29, 0.717) is 26.3 Å². The lowest BCUT2D eigenvalue weighted by molar-refractivity contribution is -0.384. The highest BCUT2D eigenvalue weighted by Crippen LogP contribution is 2.50. The van der Waals surface area contributed by atoms with Crippen LogP contribution in [0.3, 0.4) is 0 Å².